The summed E-state index contributed by atoms with van der Waals surface area (Å²) in [5, 5.41) is 4.64. The highest BCUT2D eigenvalue weighted by atomic mass is 32.2. The molecule has 24 heavy (non-hydrogen) atoms. The molecule has 0 aliphatic carbocycles. The minimum absolute atomic E-state index is 0.0541. The zero-order chi connectivity index (χ0) is 16.7. The zero-order valence-electron chi connectivity index (χ0n) is 12.9. The highest BCUT2D eigenvalue weighted by Gasteiger charge is 2.31. The molecular formula is C15H15BN4O3S. The van der Waals surface area contributed by atoms with E-state index >= 15 is 0 Å². The van der Waals surface area contributed by atoms with Gasteiger partial charge in [-0.15, -0.1) is 0 Å². The van der Waals surface area contributed by atoms with Crippen molar-refractivity contribution in [1.82, 2.24) is 19.2 Å². The van der Waals surface area contributed by atoms with Crippen LogP contribution in [0.3, 0.4) is 0 Å². The average molecular weight is 342 g/mol. The number of rotatable bonds is 3. The van der Waals surface area contributed by atoms with Crippen LogP contribution >= 0.6 is 0 Å². The molecule has 1 aliphatic rings. The van der Waals surface area contributed by atoms with Crippen molar-refractivity contribution in [2.24, 2.45) is 0 Å². The van der Waals surface area contributed by atoms with Gasteiger partial charge in [0.2, 0.25) is 0 Å². The number of sulfone groups is 1. The van der Waals surface area contributed by atoms with Crippen LogP contribution in [0.15, 0.2) is 47.7 Å². The molecule has 0 radical (unpaired) electrons. The van der Waals surface area contributed by atoms with E-state index in [4.69, 9.17) is 0 Å². The van der Waals surface area contributed by atoms with E-state index in [0.717, 1.165) is 5.46 Å². The first kappa shape index (κ1) is 15.1. The molecule has 1 aromatic carbocycles. The molecule has 0 bridgehead atoms. The van der Waals surface area contributed by atoms with Gasteiger partial charge in [-0.1, -0.05) is 35.8 Å². The van der Waals surface area contributed by atoms with E-state index in [1.165, 1.54) is 17.0 Å². The molecule has 3 heterocycles. The number of nitrogens with zero attached hydrogens (tertiary/aromatic N) is 4. The van der Waals surface area contributed by atoms with Crippen LogP contribution < -0.4 is 11.0 Å². The van der Waals surface area contributed by atoms with Gasteiger partial charge in [-0.3, -0.25) is 4.79 Å². The Bertz CT molecular complexity index is 1060. The van der Waals surface area contributed by atoms with Gasteiger partial charge in [0.25, 0.3) is 13.0 Å². The molecule has 3 aromatic rings. The third-order valence-electron chi connectivity index (χ3n) is 4.33. The first-order valence-corrected chi connectivity index (χ1v) is 9.53. The molecule has 0 saturated carbocycles. The molecule has 1 saturated heterocycles. The second-order valence-corrected chi connectivity index (χ2v) is 8.28. The molecule has 1 aliphatic heterocycles. The van der Waals surface area contributed by atoms with Crippen LogP contribution in [-0.4, -0.2) is 46.6 Å². The largest absolute Gasteiger partial charge is 0.343 e. The van der Waals surface area contributed by atoms with Gasteiger partial charge in [0, 0.05) is 0 Å². The van der Waals surface area contributed by atoms with Crippen LogP contribution in [0.1, 0.15) is 12.5 Å². The number of hydrogen-bond donors (Lipinski definition) is 0. The van der Waals surface area contributed by atoms with Crippen LogP contribution in [0.25, 0.3) is 11.0 Å². The molecule has 0 amide bonds. The fourth-order valence-corrected chi connectivity index (χ4v) is 4.79. The molecule has 1 unspecified atom stereocenters. The summed E-state index contributed by atoms with van der Waals surface area (Å²) >= 11 is 0. The maximum atomic E-state index is 12.6. The number of hydrogen-bond acceptors (Lipinski definition) is 5. The predicted octanol–water partition coefficient (Wildman–Crippen LogP) is -0.522. The van der Waals surface area contributed by atoms with Crippen LogP contribution in [0.5, 0.6) is 0 Å². The Morgan fingerprint density at radius 2 is 2.00 bits per heavy atom. The van der Waals surface area contributed by atoms with Gasteiger partial charge in [0.1, 0.15) is 5.39 Å². The second kappa shape index (κ2) is 5.59. The van der Waals surface area contributed by atoms with Crippen molar-refractivity contribution < 1.29 is 8.42 Å². The maximum Gasteiger partial charge on any atom is 0.281 e. The summed E-state index contributed by atoms with van der Waals surface area (Å²) in [4.78, 5) is 17.0. The van der Waals surface area contributed by atoms with Crippen molar-refractivity contribution in [3.63, 3.8) is 0 Å². The van der Waals surface area contributed by atoms with Crippen molar-refractivity contribution >= 4 is 33.7 Å². The molecule has 7 nitrogen and oxygen atoms in total. The summed E-state index contributed by atoms with van der Waals surface area (Å²) in [7, 11) is -2.58. The zero-order valence-corrected chi connectivity index (χ0v) is 13.7. The molecular weight excluding hydrogens is 327 g/mol. The third-order valence-corrected chi connectivity index (χ3v) is 6.08. The van der Waals surface area contributed by atoms with Gasteiger partial charge >= 0.3 is 0 Å². The van der Waals surface area contributed by atoms with Gasteiger partial charge in [-0.25, -0.2) is 18.1 Å². The van der Waals surface area contributed by atoms with Gasteiger partial charge in [0.05, 0.1) is 30.1 Å². The number of aromatic nitrogens is 4. The lowest BCUT2D eigenvalue weighted by atomic mass is 9.82. The minimum atomic E-state index is -3.02. The molecule has 1 atom stereocenters. The fourth-order valence-electron chi connectivity index (χ4n) is 3.10. The van der Waals surface area contributed by atoms with E-state index in [2.05, 4.69) is 10.1 Å². The summed E-state index contributed by atoms with van der Waals surface area (Å²) < 4.78 is 26.5. The Hall–Kier alpha value is -2.42. The predicted molar refractivity (Wildman–Crippen MR) is 92.7 cm³/mol. The average Bonchev–Trinajstić information content (AvgIpc) is 3.14. The van der Waals surface area contributed by atoms with Crippen molar-refractivity contribution in [2.45, 2.75) is 12.5 Å². The van der Waals surface area contributed by atoms with Gasteiger partial charge in [0.15, 0.2) is 15.5 Å². The van der Waals surface area contributed by atoms with E-state index in [-0.39, 0.29) is 23.1 Å². The summed E-state index contributed by atoms with van der Waals surface area (Å²) in [6.07, 6.45) is 3.49. The van der Waals surface area contributed by atoms with E-state index in [1.807, 2.05) is 30.3 Å². The highest BCUT2D eigenvalue weighted by Crippen LogP contribution is 2.25. The lowest BCUT2D eigenvalue weighted by Crippen LogP contribution is -2.32. The van der Waals surface area contributed by atoms with Gasteiger partial charge < -0.3 is 4.48 Å². The van der Waals surface area contributed by atoms with Gasteiger partial charge in [-0.2, -0.15) is 5.10 Å². The Labute approximate surface area is 139 Å². The summed E-state index contributed by atoms with van der Waals surface area (Å²) in [5.41, 5.74) is 1.29. The van der Waals surface area contributed by atoms with Crippen LogP contribution in [0.2, 0.25) is 0 Å². The molecule has 0 N–H and O–H groups in total. The monoisotopic (exact) mass is 342 g/mol. The molecule has 122 valence electrons. The smallest absolute Gasteiger partial charge is 0.281 e. The molecule has 4 rings (SSSR count). The summed E-state index contributed by atoms with van der Waals surface area (Å²) in [6, 6.07) is 9.42. The van der Waals surface area contributed by atoms with E-state index in [9.17, 15) is 13.2 Å². The third kappa shape index (κ3) is 2.64. The lowest BCUT2D eigenvalue weighted by molar-refractivity contribution is 0.511. The summed E-state index contributed by atoms with van der Waals surface area (Å²) in [6.45, 7) is 0. The first-order chi connectivity index (χ1) is 11.5. The van der Waals surface area contributed by atoms with Crippen molar-refractivity contribution in [3.05, 3.63) is 53.2 Å². The van der Waals surface area contributed by atoms with Crippen molar-refractivity contribution in [3.8, 4) is 0 Å². The second-order valence-electron chi connectivity index (χ2n) is 6.05. The molecule has 9 heteroatoms. The van der Waals surface area contributed by atoms with Crippen molar-refractivity contribution in [2.75, 3.05) is 11.5 Å². The van der Waals surface area contributed by atoms with E-state index in [0.29, 0.717) is 24.9 Å². The lowest BCUT2D eigenvalue weighted by Gasteiger charge is -2.09. The maximum absolute atomic E-state index is 12.6. The molecule has 1 fully saturated rings. The van der Waals surface area contributed by atoms with Crippen LogP contribution in [0, 0.1) is 0 Å². The minimum Gasteiger partial charge on any atom is -0.343 e. The molecule has 0 spiro atoms. The van der Waals surface area contributed by atoms with Crippen LogP contribution in [-0.2, 0) is 9.84 Å². The van der Waals surface area contributed by atoms with E-state index < -0.39 is 9.84 Å². The number of benzene rings is 1. The molecule has 2 aromatic heterocycles. The standard InChI is InChI=1S/C15H15BN4O3S/c21-15-13-8-18-20(12-6-7-24(22,23)9-12)14(13)17-10-19(15)16-11-4-2-1-3-5-11/h1-5,8,10,12,16H,6-7,9H2. The highest BCUT2D eigenvalue weighted by molar-refractivity contribution is 7.91. The van der Waals surface area contributed by atoms with Crippen molar-refractivity contribution in [1.29, 1.82) is 0 Å². The van der Waals surface area contributed by atoms with Crippen LogP contribution in [0.4, 0.5) is 0 Å². The Balaban J connectivity index is 1.72. The Kier molecular flexibility index (Phi) is 3.52. The Morgan fingerprint density at radius 3 is 2.71 bits per heavy atom. The SMILES string of the molecule is O=c1c2cnn(C3CCS(=O)(=O)C3)c2ncn1Bc1ccccc1. The van der Waals surface area contributed by atoms with Gasteiger partial charge in [-0.05, 0) is 6.42 Å². The Morgan fingerprint density at radius 1 is 1.21 bits per heavy atom. The topological polar surface area (TPSA) is 86.8 Å². The fraction of sp³-hybridized carbons (Fsp3) is 0.267. The summed E-state index contributed by atoms with van der Waals surface area (Å²) in [5.74, 6) is 0.211. The van der Waals surface area contributed by atoms with E-state index in [1.54, 1.807) is 4.68 Å². The first-order valence-electron chi connectivity index (χ1n) is 7.70. The quantitative estimate of drug-likeness (QED) is 0.598. The number of fused-ring (bicyclic) bond motifs is 1. The normalized spacial score (nSPS) is 19.6.